The molecule has 3 aromatic rings. The molecule has 0 aliphatic heterocycles. The second kappa shape index (κ2) is 8.52. The van der Waals surface area contributed by atoms with Gasteiger partial charge in [0, 0.05) is 23.4 Å². The minimum absolute atomic E-state index is 0.0485. The summed E-state index contributed by atoms with van der Waals surface area (Å²) in [5.74, 6) is -3.46. The normalized spacial score (nSPS) is 11.6. The van der Waals surface area contributed by atoms with E-state index in [1.165, 1.54) is 43.3 Å². The van der Waals surface area contributed by atoms with Crippen LogP contribution < -0.4 is 10.1 Å². The molecule has 2 heterocycles. The number of rotatable bonds is 7. The number of aromatic amines is 1. The van der Waals surface area contributed by atoms with Crippen LogP contribution in [0.1, 0.15) is 35.1 Å². The van der Waals surface area contributed by atoms with E-state index in [4.69, 9.17) is 0 Å². The standard InChI is InChI=1S/C20H18F4N4O2/c1-3-20(23,24)12-5-4-6-13(9-12)27-18(29)16-11(2)26-17(28-16)15-8-7-14(10-25-15)30-19(21)22/h4-10,19H,3H2,1-2H3,(H,26,28)(H,27,29). The van der Waals surface area contributed by atoms with E-state index in [9.17, 15) is 22.4 Å². The molecule has 2 aromatic heterocycles. The van der Waals surface area contributed by atoms with Crippen molar-refractivity contribution in [3.8, 4) is 17.3 Å². The Morgan fingerprint density at radius 3 is 2.67 bits per heavy atom. The summed E-state index contributed by atoms with van der Waals surface area (Å²) >= 11 is 0. The molecule has 3 rings (SSSR count). The van der Waals surface area contributed by atoms with Crippen LogP contribution in [-0.2, 0) is 5.92 Å². The zero-order valence-electron chi connectivity index (χ0n) is 16.0. The Morgan fingerprint density at radius 2 is 2.03 bits per heavy atom. The number of carbonyl (C=O) groups is 1. The molecule has 0 radical (unpaired) electrons. The van der Waals surface area contributed by atoms with E-state index in [2.05, 4.69) is 25.0 Å². The maximum absolute atomic E-state index is 13.9. The largest absolute Gasteiger partial charge is 0.433 e. The fourth-order valence-corrected chi connectivity index (χ4v) is 2.71. The molecule has 0 fully saturated rings. The minimum Gasteiger partial charge on any atom is -0.433 e. The monoisotopic (exact) mass is 422 g/mol. The number of anilines is 1. The molecule has 0 atom stereocenters. The van der Waals surface area contributed by atoms with Gasteiger partial charge in [-0.25, -0.2) is 18.7 Å². The van der Waals surface area contributed by atoms with Crippen LogP contribution in [0, 0.1) is 6.92 Å². The van der Waals surface area contributed by atoms with Crippen molar-refractivity contribution >= 4 is 11.6 Å². The molecule has 6 nitrogen and oxygen atoms in total. The molecule has 158 valence electrons. The summed E-state index contributed by atoms with van der Waals surface area (Å²) in [7, 11) is 0. The zero-order valence-corrected chi connectivity index (χ0v) is 16.0. The molecule has 0 aliphatic carbocycles. The first-order valence-corrected chi connectivity index (χ1v) is 8.97. The number of hydrogen-bond acceptors (Lipinski definition) is 4. The van der Waals surface area contributed by atoms with Crippen molar-refractivity contribution in [3.63, 3.8) is 0 Å². The highest BCUT2D eigenvalue weighted by Crippen LogP contribution is 2.32. The average Bonchev–Trinajstić information content (AvgIpc) is 3.10. The van der Waals surface area contributed by atoms with E-state index in [-0.39, 0.29) is 34.9 Å². The van der Waals surface area contributed by atoms with Gasteiger partial charge in [0.25, 0.3) is 11.8 Å². The number of pyridine rings is 1. The van der Waals surface area contributed by atoms with Gasteiger partial charge in [-0.2, -0.15) is 8.78 Å². The van der Waals surface area contributed by atoms with Gasteiger partial charge in [0.15, 0.2) is 5.82 Å². The predicted molar refractivity (Wildman–Crippen MR) is 102 cm³/mol. The van der Waals surface area contributed by atoms with Gasteiger partial charge >= 0.3 is 6.61 Å². The molecular weight excluding hydrogens is 404 g/mol. The molecule has 30 heavy (non-hydrogen) atoms. The third-order valence-electron chi connectivity index (χ3n) is 4.29. The molecule has 0 saturated heterocycles. The van der Waals surface area contributed by atoms with Crippen LogP contribution in [0.15, 0.2) is 42.6 Å². The first-order chi connectivity index (χ1) is 14.2. The number of nitrogens with zero attached hydrogens (tertiary/aromatic N) is 2. The topological polar surface area (TPSA) is 79.9 Å². The molecule has 10 heteroatoms. The number of halogens is 4. The van der Waals surface area contributed by atoms with Crippen molar-refractivity contribution in [2.75, 3.05) is 5.32 Å². The SMILES string of the molecule is CCC(F)(F)c1cccc(NC(=O)c2nc(-c3ccc(OC(F)F)cn3)[nH]c2C)c1. The Labute approximate surface area is 169 Å². The van der Waals surface area contributed by atoms with Gasteiger partial charge in [-0.3, -0.25) is 4.79 Å². The lowest BCUT2D eigenvalue weighted by atomic mass is 10.1. The van der Waals surface area contributed by atoms with Crippen molar-refractivity contribution in [2.45, 2.75) is 32.8 Å². The highest BCUT2D eigenvalue weighted by Gasteiger charge is 2.29. The number of amides is 1. The van der Waals surface area contributed by atoms with Crippen LogP contribution in [0.3, 0.4) is 0 Å². The van der Waals surface area contributed by atoms with E-state index in [0.717, 1.165) is 6.20 Å². The Morgan fingerprint density at radius 1 is 1.27 bits per heavy atom. The third kappa shape index (κ3) is 4.76. The summed E-state index contributed by atoms with van der Waals surface area (Å²) in [4.78, 5) is 23.6. The molecule has 0 saturated carbocycles. The van der Waals surface area contributed by atoms with Gasteiger partial charge < -0.3 is 15.0 Å². The van der Waals surface area contributed by atoms with Gasteiger partial charge in [0.05, 0.1) is 6.20 Å². The first-order valence-electron chi connectivity index (χ1n) is 8.97. The smallest absolute Gasteiger partial charge is 0.387 e. The lowest BCUT2D eigenvalue weighted by molar-refractivity contribution is -0.0500. The van der Waals surface area contributed by atoms with Gasteiger partial charge in [-0.15, -0.1) is 0 Å². The maximum Gasteiger partial charge on any atom is 0.387 e. The fraction of sp³-hybridized carbons (Fsp3) is 0.250. The molecule has 1 aromatic carbocycles. The van der Waals surface area contributed by atoms with Crippen LogP contribution in [0.25, 0.3) is 11.5 Å². The Hall–Kier alpha value is -3.43. The average molecular weight is 422 g/mol. The minimum atomic E-state index is -3.00. The predicted octanol–water partition coefficient (Wildman–Crippen LogP) is 5.14. The van der Waals surface area contributed by atoms with Gasteiger partial charge in [0.2, 0.25) is 0 Å². The molecular formula is C20H18F4N4O2. The van der Waals surface area contributed by atoms with Crippen LogP contribution in [0.5, 0.6) is 5.75 Å². The molecule has 1 amide bonds. The Kier molecular flexibility index (Phi) is 6.04. The van der Waals surface area contributed by atoms with E-state index in [1.807, 2.05) is 0 Å². The zero-order chi connectivity index (χ0) is 21.9. The Bertz CT molecular complexity index is 1040. The number of aromatic nitrogens is 3. The number of imidazole rings is 1. The second-order valence-corrected chi connectivity index (χ2v) is 6.41. The van der Waals surface area contributed by atoms with Crippen molar-refractivity contribution in [1.29, 1.82) is 0 Å². The lowest BCUT2D eigenvalue weighted by Crippen LogP contribution is -2.16. The third-order valence-corrected chi connectivity index (χ3v) is 4.29. The highest BCUT2D eigenvalue weighted by atomic mass is 19.3. The molecule has 0 aliphatic rings. The molecule has 2 N–H and O–H groups in total. The highest BCUT2D eigenvalue weighted by molar-refractivity contribution is 6.04. The van der Waals surface area contributed by atoms with Gasteiger partial charge in [-0.1, -0.05) is 19.1 Å². The number of benzene rings is 1. The van der Waals surface area contributed by atoms with Crippen LogP contribution in [0.4, 0.5) is 23.2 Å². The summed E-state index contributed by atoms with van der Waals surface area (Å²) in [6.45, 7) is 0.0242. The number of alkyl halides is 4. The summed E-state index contributed by atoms with van der Waals surface area (Å²) in [6, 6.07) is 8.15. The van der Waals surface area contributed by atoms with Crippen molar-refractivity contribution in [1.82, 2.24) is 15.0 Å². The summed E-state index contributed by atoms with van der Waals surface area (Å²) < 4.78 is 56.5. The summed E-state index contributed by atoms with van der Waals surface area (Å²) in [5, 5.41) is 2.55. The first kappa shape index (κ1) is 21.3. The van der Waals surface area contributed by atoms with Gasteiger partial charge in [0.1, 0.15) is 17.1 Å². The number of carbonyl (C=O) groups excluding carboxylic acids is 1. The summed E-state index contributed by atoms with van der Waals surface area (Å²) in [6.07, 6.45) is 0.749. The number of H-pyrrole nitrogens is 1. The molecule has 0 spiro atoms. The lowest BCUT2D eigenvalue weighted by Gasteiger charge is -2.15. The van der Waals surface area contributed by atoms with E-state index >= 15 is 0 Å². The van der Waals surface area contributed by atoms with Crippen LogP contribution >= 0.6 is 0 Å². The van der Waals surface area contributed by atoms with Crippen LogP contribution in [0.2, 0.25) is 0 Å². The second-order valence-electron chi connectivity index (χ2n) is 6.41. The van der Waals surface area contributed by atoms with Crippen molar-refractivity contribution in [2.24, 2.45) is 0 Å². The van der Waals surface area contributed by atoms with Crippen molar-refractivity contribution in [3.05, 3.63) is 59.5 Å². The number of nitrogens with one attached hydrogen (secondary N) is 2. The molecule has 0 unspecified atom stereocenters. The maximum atomic E-state index is 13.9. The van der Waals surface area contributed by atoms with E-state index in [1.54, 1.807) is 6.92 Å². The van der Waals surface area contributed by atoms with Crippen molar-refractivity contribution < 1.29 is 27.1 Å². The quantitative estimate of drug-likeness (QED) is 0.517. The van der Waals surface area contributed by atoms with Gasteiger partial charge in [-0.05, 0) is 31.2 Å². The van der Waals surface area contributed by atoms with E-state index < -0.39 is 18.4 Å². The van der Waals surface area contributed by atoms with E-state index in [0.29, 0.717) is 11.4 Å². The number of ether oxygens (including phenoxy) is 1. The Balaban J connectivity index is 1.78. The number of hydrogen-bond donors (Lipinski definition) is 2. The molecule has 0 bridgehead atoms. The summed E-state index contributed by atoms with van der Waals surface area (Å²) in [5.41, 5.74) is 0.793. The number of aryl methyl sites for hydroxylation is 1. The fourth-order valence-electron chi connectivity index (χ4n) is 2.71. The van der Waals surface area contributed by atoms with Crippen LogP contribution in [-0.4, -0.2) is 27.5 Å².